The van der Waals surface area contributed by atoms with E-state index in [9.17, 15) is 4.79 Å². The van der Waals surface area contributed by atoms with Crippen molar-refractivity contribution in [1.29, 1.82) is 0 Å². The summed E-state index contributed by atoms with van der Waals surface area (Å²) in [5.41, 5.74) is 0.842. The summed E-state index contributed by atoms with van der Waals surface area (Å²) in [6.07, 6.45) is 2.31. The first kappa shape index (κ1) is 13.5. The Balaban J connectivity index is 1.96. The molecule has 0 spiro atoms. The van der Waals surface area contributed by atoms with Crippen LogP contribution in [0.3, 0.4) is 0 Å². The minimum atomic E-state index is -0.947. The molecular weight excluding hydrogens is 252 g/mol. The van der Waals surface area contributed by atoms with Gasteiger partial charge in [-0.1, -0.05) is 6.92 Å². The van der Waals surface area contributed by atoms with Crippen LogP contribution in [0.5, 0.6) is 0 Å². The van der Waals surface area contributed by atoms with Crippen LogP contribution in [0.4, 0.5) is 0 Å². The van der Waals surface area contributed by atoms with E-state index in [0.717, 1.165) is 38.2 Å². The third-order valence-electron chi connectivity index (χ3n) is 3.01. The van der Waals surface area contributed by atoms with Gasteiger partial charge in [0.25, 0.3) is 0 Å². The number of carbonyl (C=O) groups is 1. The van der Waals surface area contributed by atoms with Crippen LogP contribution in [0.1, 0.15) is 35.3 Å². The van der Waals surface area contributed by atoms with Crippen LogP contribution in [0.15, 0.2) is 5.38 Å². The third-order valence-corrected chi connectivity index (χ3v) is 3.89. The highest BCUT2D eigenvalue weighted by Gasteiger charge is 2.18. The summed E-state index contributed by atoms with van der Waals surface area (Å²) < 4.78 is 5.71. The van der Waals surface area contributed by atoms with Crippen molar-refractivity contribution in [3.05, 3.63) is 16.1 Å². The number of rotatable bonds is 4. The van der Waals surface area contributed by atoms with Crippen molar-refractivity contribution >= 4 is 17.3 Å². The molecule has 0 aromatic carbocycles. The fourth-order valence-electron chi connectivity index (χ4n) is 2.07. The zero-order valence-electron chi connectivity index (χ0n) is 10.5. The average Bonchev–Trinajstić information content (AvgIpc) is 2.69. The Morgan fingerprint density at radius 3 is 3.22 bits per heavy atom. The van der Waals surface area contributed by atoms with Crippen LogP contribution in [0, 0.1) is 0 Å². The topological polar surface area (TPSA) is 62.7 Å². The van der Waals surface area contributed by atoms with Gasteiger partial charge in [-0.2, -0.15) is 0 Å². The second-order valence-corrected chi connectivity index (χ2v) is 5.30. The first-order chi connectivity index (χ1) is 8.69. The molecule has 6 heteroatoms. The lowest BCUT2D eigenvalue weighted by atomic mass is 10.2. The van der Waals surface area contributed by atoms with Crippen molar-refractivity contribution in [3.8, 4) is 0 Å². The quantitative estimate of drug-likeness (QED) is 0.904. The summed E-state index contributed by atoms with van der Waals surface area (Å²) in [6, 6.07) is 0. The molecule has 18 heavy (non-hydrogen) atoms. The van der Waals surface area contributed by atoms with Gasteiger partial charge in [-0.3, -0.25) is 4.90 Å². The van der Waals surface area contributed by atoms with Gasteiger partial charge in [-0.25, -0.2) is 9.78 Å². The van der Waals surface area contributed by atoms with E-state index < -0.39 is 5.97 Å². The van der Waals surface area contributed by atoms with Crippen LogP contribution in [0.25, 0.3) is 0 Å². The molecule has 1 N–H and O–H groups in total. The van der Waals surface area contributed by atoms with Crippen molar-refractivity contribution in [2.45, 2.75) is 32.4 Å². The fourth-order valence-corrected chi connectivity index (χ4v) is 2.71. The van der Waals surface area contributed by atoms with Crippen LogP contribution < -0.4 is 0 Å². The van der Waals surface area contributed by atoms with Crippen molar-refractivity contribution in [3.63, 3.8) is 0 Å². The second-order valence-electron chi connectivity index (χ2n) is 4.44. The average molecular weight is 270 g/mol. The van der Waals surface area contributed by atoms with E-state index in [4.69, 9.17) is 9.84 Å². The van der Waals surface area contributed by atoms with Crippen LogP contribution in [-0.2, 0) is 11.3 Å². The maximum Gasteiger partial charge on any atom is 0.365 e. The predicted molar refractivity (Wildman–Crippen MR) is 69.0 cm³/mol. The Bertz CT molecular complexity index is 408. The van der Waals surface area contributed by atoms with E-state index in [2.05, 4.69) is 16.8 Å². The maximum absolute atomic E-state index is 10.8. The van der Waals surface area contributed by atoms with Gasteiger partial charge >= 0.3 is 5.97 Å². The Morgan fingerprint density at radius 2 is 2.56 bits per heavy atom. The van der Waals surface area contributed by atoms with E-state index in [-0.39, 0.29) is 11.1 Å². The molecule has 2 rings (SSSR count). The maximum atomic E-state index is 10.8. The highest BCUT2D eigenvalue weighted by atomic mass is 32.1. The molecule has 0 radical (unpaired) electrons. The molecule has 1 aromatic heterocycles. The number of hydrogen-bond acceptors (Lipinski definition) is 5. The monoisotopic (exact) mass is 270 g/mol. The summed E-state index contributed by atoms with van der Waals surface area (Å²) in [6.45, 7) is 5.53. The van der Waals surface area contributed by atoms with E-state index in [0.29, 0.717) is 6.54 Å². The number of aromatic nitrogens is 1. The minimum Gasteiger partial charge on any atom is -0.476 e. The molecule has 1 aliphatic heterocycles. The van der Waals surface area contributed by atoms with Gasteiger partial charge in [-0.15, -0.1) is 11.3 Å². The molecular formula is C12H18N2O3S. The van der Waals surface area contributed by atoms with E-state index in [1.807, 2.05) is 5.38 Å². The molecule has 1 atom stereocenters. The standard InChI is InChI=1S/C12H18N2O3S/c1-2-10-7-14(4-3-5-17-10)6-9-8-18-11(13-9)12(15)16/h8,10H,2-7H2,1H3,(H,15,16). The van der Waals surface area contributed by atoms with Gasteiger partial charge in [0.05, 0.1) is 11.8 Å². The first-order valence-corrected chi connectivity index (χ1v) is 7.08. The zero-order chi connectivity index (χ0) is 13.0. The van der Waals surface area contributed by atoms with Crippen molar-refractivity contribution < 1.29 is 14.6 Å². The molecule has 1 saturated heterocycles. The molecule has 1 unspecified atom stereocenters. The van der Waals surface area contributed by atoms with Gasteiger partial charge in [-0.05, 0) is 12.8 Å². The zero-order valence-corrected chi connectivity index (χ0v) is 11.3. The van der Waals surface area contributed by atoms with E-state index >= 15 is 0 Å². The summed E-state index contributed by atoms with van der Waals surface area (Å²) in [4.78, 5) is 17.2. The number of aromatic carboxylic acids is 1. The number of carboxylic acids is 1. The molecule has 2 heterocycles. The van der Waals surface area contributed by atoms with Crippen LogP contribution >= 0.6 is 11.3 Å². The molecule has 1 fully saturated rings. The Hall–Kier alpha value is -0.980. The van der Waals surface area contributed by atoms with Crippen molar-refractivity contribution in [2.75, 3.05) is 19.7 Å². The van der Waals surface area contributed by atoms with Gasteiger partial charge in [0.15, 0.2) is 0 Å². The van der Waals surface area contributed by atoms with Crippen molar-refractivity contribution in [2.24, 2.45) is 0 Å². The lowest BCUT2D eigenvalue weighted by Crippen LogP contribution is -2.31. The lowest BCUT2D eigenvalue weighted by molar-refractivity contribution is 0.0508. The normalized spacial score (nSPS) is 21.7. The van der Waals surface area contributed by atoms with Gasteiger partial charge in [0, 0.05) is 31.6 Å². The molecule has 0 aliphatic carbocycles. The Kier molecular flexibility index (Phi) is 4.68. The molecule has 100 valence electrons. The largest absolute Gasteiger partial charge is 0.476 e. The molecule has 1 aliphatic rings. The highest BCUT2D eigenvalue weighted by Crippen LogP contribution is 2.15. The number of ether oxygens (including phenoxy) is 1. The third kappa shape index (κ3) is 3.51. The SMILES string of the molecule is CCC1CN(Cc2csc(C(=O)O)n2)CCCO1. The number of carboxylic acid groups (broad SMARTS) is 1. The first-order valence-electron chi connectivity index (χ1n) is 6.20. The number of thiazole rings is 1. The predicted octanol–water partition coefficient (Wildman–Crippen LogP) is 1.84. The summed E-state index contributed by atoms with van der Waals surface area (Å²) >= 11 is 1.19. The lowest BCUT2D eigenvalue weighted by Gasteiger charge is -2.21. The van der Waals surface area contributed by atoms with E-state index in [1.54, 1.807) is 0 Å². The smallest absolute Gasteiger partial charge is 0.365 e. The van der Waals surface area contributed by atoms with Gasteiger partial charge < -0.3 is 9.84 Å². The fraction of sp³-hybridized carbons (Fsp3) is 0.667. The molecule has 0 saturated carbocycles. The molecule has 5 nitrogen and oxygen atoms in total. The molecule has 1 aromatic rings. The number of nitrogens with zero attached hydrogens (tertiary/aromatic N) is 2. The Labute approximate surface area is 110 Å². The van der Waals surface area contributed by atoms with Gasteiger partial charge in [0.1, 0.15) is 0 Å². The van der Waals surface area contributed by atoms with Crippen LogP contribution in [-0.4, -0.2) is 46.8 Å². The molecule has 0 bridgehead atoms. The van der Waals surface area contributed by atoms with Crippen molar-refractivity contribution in [1.82, 2.24) is 9.88 Å². The minimum absolute atomic E-state index is 0.170. The van der Waals surface area contributed by atoms with Crippen LogP contribution in [0.2, 0.25) is 0 Å². The summed E-state index contributed by atoms with van der Waals surface area (Å²) in [5.74, 6) is -0.947. The molecule has 0 amide bonds. The van der Waals surface area contributed by atoms with Gasteiger partial charge in [0.2, 0.25) is 5.01 Å². The Morgan fingerprint density at radius 1 is 1.72 bits per heavy atom. The second kappa shape index (κ2) is 6.26. The highest BCUT2D eigenvalue weighted by molar-refractivity contribution is 7.11. The van der Waals surface area contributed by atoms with E-state index in [1.165, 1.54) is 11.3 Å². The summed E-state index contributed by atoms with van der Waals surface area (Å²) in [5, 5.41) is 10.8. The summed E-state index contributed by atoms with van der Waals surface area (Å²) in [7, 11) is 0. The number of hydrogen-bond donors (Lipinski definition) is 1.